The molecule has 84 valence electrons. The van der Waals surface area contributed by atoms with Gasteiger partial charge in [0, 0.05) is 16.8 Å². The molecule has 3 nitrogen and oxygen atoms in total. The Morgan fingerprint density at radius 1 is 1.06 bits per heavy atom. The number of benzene rings is 2. The van der Waals surface area contributed by atoms with E-state index in [0.29, 0.717) is 5.82 Å². The number of nitrogens with two attached hydrogens (primary N) is 1. The average Bonchev–Trinajstić information content (AvgIpc) is 2.62. The quantitative estimate of drug-likeness (QED) is 0.667. The van der Waals surface area contributed by atoms with Gasteiger partial charge in [0.15, 0.2) is 0 Å². The van der Waals surface area contributed by atoms with Crippen LogP contribution in [0.5, 0.6) is 5.75 Å². The molecule has 0 aliphatic heterocycles. The number of phenols is 1. The third-order valence-corrected chi connectivity index (χ3v) is 2.94. The lowest BCUT2D eigenvalue weighted by Crippen LogP contribution is -2.03. The van der Waals surface area contributed by atoms with E-state index in [1.807, 2.05) is 34.9 Å². The highest BCUT2D eigenvalue weighted by Crippen LogP contribution is 2.32. The van der Waals surface area contributed by atoms with Crippen LogP contribution in [0.1, 0.15) is 0 Å². The number of aromatic nitrogens is 1. The monoisotopic (exact) mass is 224 g/mol. The molecule has 1 aromatic heterocycles. The van der Waals surface area contributed by atoms with Crippen LogP contribution < -0.4 is 5.73 Å². The Morgan fingerprint density at radius 2 is 1.76 bits per heavy atom. The molecule has 3 aromatic rings. The van der Waals surface area contributed by atoms with Crippen molar-refractivity contribution in [1.29, 1.82) is 0 Å². The van der Waals surface area contributed by atoms with Gasteiger partial charge in [-0.25, -0.2) is 0 Å². The molecule has 0 radical (unpaired) electrons. The van der Waals surface area contributed by atoms with Crippen LogP contribution in [0.25, 0.3) is 27.6 Å². The molecule has 3 heteroatoms. The largest absolute Gasteiger partial charge is 0.508 e. The third kappa shape index (κ3) is 1.29. The van der Waals surface area contributed by atoms with Gasteiger partial charge in [0.2, 0.25) is 0 Å². The van der Waals surface area contributed by atoms with Crippen molar-refractivity contribution in [3.8, 4) is 5.75 Å². The average molecular weight is 224 g/mol. The Kier molecular flexibility index (Phi) is 1.89. The third-order valence-electron chi connectivity index (χ3n) is 2.94. The lowest BCUT2D eigenvalue weighted by Gasteiger charge is -2.05. The van der Waals surface area contributed by atoms with E-state index in [4.69, 9.17) is 5.73 Å². The van der Waals surface area contributed by atoms with E-state index in [0.717, 1.165) is 21.8 Å². The fourth-order valence-corrected chi connectivity index (χ4v) is 2.27. The van der Waals surface area contributed by atoms with E-state index in [1.165, 1.54) is 0 Å². The summed E-state index contributed by atoms with van der Waals surface area (Å²) in [6.07, 6.45) is 0. The fraction of sp³-hybridized carbons (Fsp3) is 0. The summed E-state index contributed by atoms with van der Waals surface area (Å²) in [5, 5.41) is 11.7. The van der Waals surface area contributed by atoms with E-state index in [-0.39, 0.29) is 5.75 Å². The normalized spacial score (nSPS) is 11.1. The van der Waals surface area contributed by atoms with Crippen LogP contribution in [-0.4, -0.2) is 9.67 Å². The van der Waals surface area contributed by atoms with E-state index < -0.39 is 0 Å². The first-order valence-electron chi connectivity index (χ1n) is 5.35. The zero-order valence-corrected chi connectivity index (χ0v) is 9.22. The first-order chi connectivity index (χ1) is 8.18. The molecule has 0 atom stereocenters. The van der Waals surface area contributed by atoms with Crippen LogP contribution in [0.15, 0.2) is 49.0 Å². The number of hydrogen-bond donors (Lipinski definition) is 2. The van der Waals surface area contributed by atoms with Crippen molar-refractivity contribution < 1.29 is 5.11 Å². The summed E-state index contributed by atoms with van der Waals surface area (Å²) in [5.41, 5.74) is 7.70. The molecule has 0 amide bonds. The lowest BCUT2D eigenvalue weighted by molar-refractivity contribution is 0.476. The van der Waals surface area contributed by atoms with Crippen molar-refractivity contribution in [3.05, 3.63) is 49.0 Å². The molecular weight excluding hydrogens is 212 g/mol. The molecule has 0 aliphatic rings. The van der Waals surface area contributed by atoms with Gasteiger partial charge in [0.25, 0.3) is 0 Å². The molecule has 1 heterocycles. The van der Waals surface area contributed by atoms with Gasteiger partial charge in [0.05, 0.1) is 11.0 Å². The highest BCUT2D eigenvalue weighted by molar-refractivity contribution is 6.10. The molecule has 0 saturated heterocycles. The van der Waals surface area contributed by atoms with Gasteiger partial charge in [-0.2, -0.15) is 0 Å². The number of nitrogens with zero attached hydrogens (tertiary/aromatic N) is 1. The maximum atomic E-state index is 9.58. The second-order valence-electron chi connectivity index (χ2n) is 4.05. The van der Waals surface area contributed by atoms with Crippen molar-refractivity contribution in [2.24, 2.45) is 5.73 Å². The summed E-state index contributed by atoms with van der Waals surface area (Å²) in [6, 6.07) is 13.2. The fourth-order valence-electron chi connectivity index (χ4n) is 2.27. The Morgan fingerprint density at radius 3 is 2.53 bits per heavy atom. The Balaban J connectivity index is 2.62. The van der Waals surface area contributed by atoms with E-state index in [1.54, 1.807) is 12.1 Å². The minimum atomic E-state index is 0.225. The van der Waals surface area contributed by atoms with Gasteiger partial charge >= 0.3 is 0 Å². The summed E-state index contributed by atoms with van der Waals surface area (Å²) in [4.78, 5) is 0. The number of aromatic hydroxyl groups is 1. The van der Waals surface area contributed by atoms with Gasteiger partial charge < -0.3 is 10.8 Å². The number of hydrogen-bond acceptors (Lipinski definition) is 2. The molecule has 0 aliphatic carbocycles. The summed E-state index contributed by atoms with van der Waals surface area (Å²) < 4.78 is 1.85. The first-order valence-corrected chi connectivity index (χ1v) is 5.35. The van der Waals surface area contributed by atoms with Crippen LogP contribution in [0, 0.1) is 0 Å². The maximum absolute atomic E-state index is 9.58. The van der Waals surface area contributed by atoms with Crippen LogP contribution in [0.2, 0.25) is 0 Å². The molecule has 0 unspecified atom stereocenters. The van der Waals surface area contributed by atoms with Gasteiger partial charge in [-0.15, -0.1) is 0 Å². The van der Waals surface area contributed by atoms with E-state index in [2.05, 4.69) is 6.58 Å². The van der Waals surface area contributed by atoms with Crippen molar-refractivity contribution in [1.82, 2.24) is 4.57 Å². The summed E-state index contributed by atoms with van der Waals surface area (Å²) in [5.74, 6) is 0.671. The first kappa shape index (κ1) is 9.78. The molecule has 2 aromatic carbocycles. The maximum Gasteiger partial charge on any atom is 0.117 e. The Labute approximate surface area is 98.4 Å². The van der Waals surface area contributed by atoms with Crippen molar-refractivity contribution in [2.45, 2.75) is 0 Å². The van der Waals surface area contributed by atoms with Crippen molar-refractivity contribution in [3.63, 3.8) is 0 Å². The SMILES string of the molecule is C=C(N)n1c2ccccc2c2ccc(O)cc21. The number of para-hydroxylation sites is 1. The number of rotatable bonds is 1. The Bertz CT molecular complexity index is 740. The molecule has 3 rings (SSSR count). The van der Waals surface area contributed by atoms with Crippen LogP contribution in [-0.2, 0) is 0 Å². The predicted octanol–water partition coefficient (Wildman–Crippen LogP) is 2.89. The second kappa shape index (κ2) is 3.28. The highest BCUT2D eigenvalue weighted by Gasteiger charge is 2.10. The summed E-state index contributed by atoms with van der Waals surface area (Å²) in [6.45, 7) is 3.79. The molecule has 0 spiro atoms. The molecule has 0 saturated carbocycles. The minimum Gasteiger partial charge on any atom is -0.508 e. The smallest absolute Gasteiger partial charge is 0.117 e. The highest BCUT2D eigenvalue weighted by atomic mass is 16.3. The van der Waals surface area contributed by atoms with Crippen molar-refractivity contribution >= 4 is 27.6 Å². The number of fused-ring (bicyclic) bond motifs is 3. The molecule has 17 heavy (non-hydrogen) atoms. The zero-order valence-electron chi connectivity index (χ0n) is 9.22. The molecule has 0 bridgehead atoms. The van der Waals surface area contributed by atoms with Crippen LogP contribution in [0.4, 0.5) is 0 Å². The van der Waals surface area contributed by atoms with Gasteiger partial charge in [-0.3, -0.25) is 4.57 Å². The second-order valence-corrected chi connectivity index (χ2v) is 4.05. The van der Waals surface area contributed by atoms with Gasteiger partial charge in [-0.05, 0) is 18.2 Å². The van der Waals surface area contributed by atoms with Crippen molar-refractivity contribution in [2.75, 3.05) is 0 Å². The number of phenolic OH excluding ortho intramolecular Hbond substituents is 1. The summed E-state index contributed by atoms with van der Waals surface area (Å²) >= 11 is 0. The van der Waals surface area contributed by atoms with Gasteiger partial charge in [0.1, 0.15) is 11.6 Å². The zero-order chi connectivity index (χ0) is 12.0. The molecule has 3 N–H and O–H groups in total. The summed E-state index contributed by atoms with van der Waals surface area (Å²) in [7, 11) is 0. The predicted molar refractivity (Wildman–Crippen MR) is 70.6 cm³/mol. The molecular formula is C14H12N2O. The molecule has 0 fully saturated rings. The van der Waals surface area contributed by atoms with Crippen LogP contribution >= 0.6 is 0 Å². The Hall–Kier alpha value is -2.42. The topological polar surface area (TPSA) is 51.2 Å². The lowest BCUT2D eigenvalue weighted by atomic mass is 10.1. The minimum absolute atomic E-state index is 0.225. The van der Waals surface area contributed by atoms with E-state index in [9.17, 15) is 5.11 Å². The van der Waals surface area contributed by atoms with E-state index >= 15 is 0 Å². The van der Waals surface area contributed by atoms with Gasteiger partial charge in [-0.1, -0.05) is 24.8 Å². The van der Waals surface area contributed by atoms with Crippen LogP contribution in [0.3, 0.4) is 0 Å². The standard InChI is InChI=1S/C14H12N2O/c1-9(15)16-13-5-3-2-4-11(13)12-7-6-10(17)8-14(12)16/h2-8,17H,1,15H2.